The second-order valence-electron chi connectivity index (χ2n) is 4.98. The maximum atomic E-state index is 13.7. The summed E-state index contributed by atoms with van der Waals surface area (Å²) in [5, 5.41) is 2.53. The van der Waals surface area contributed by atoms with Crippen LogP contribution in [0.15, 0.2) is 23.1 Å². The minimum absolute atomic E-state index is 0.114. The van der Waals surface area contributed by atoms with E-state index >= 15 is 0 Å². The summed E-state index contributed by atoms with van der Waals surface area (Å²) >= 11 is 0. The molecule has 0 saturated heterocycles. The lowest BCUT2D eigenvalue weighted by Crippen LogP contribution is -2.26. The van der Waals surface area contributed by atoms with Crippen LogP contribution in [-0.2, 0) is 14.8 Å². The van der Waals surface area contributed by atoms with E-state index in [1.165, 1.54) is 6.07 Å². The molecule has 116 valence electrons. The topological polar surface area (TPSA) is 101 Å². The van der Waals surface area contributed by atoms with Gasteiger partial charge in [0.25, 0.3) is 0 Å². The van der Waals surface area contributed by atoms with Gasteiger partial charge in [-0.3, -0.25) is 4.79 Å². The van der Waals surface area contributed by atoms with Gasteiger partial charge in [-0.1, -0.05) is 0 Å². The number of amides is 1. The molecular formula is C13H18FN3O3S. The van der Waals surface area contributed by atoms with E-state index in [4.69, 9.17) is 5.73 Å². The number of nitrogens with two attached hydrogens (primary N) is 1. The van der Waals surface area contributed by atoms with E-state index in [0.717, 1.165) is 25.0 Å². The molecule has 21 heavy (non-hydrogen) atoms. The van der Waals surface area contributed by atoms with E-state index < -0.39 is 20.7 Å². The minimum Gasteiger partial charge on any atom is -0.330 e. The number of hydrogen-bond donors (Lipinski definition) is 3. The summed E-state index contributed by atoms with van der Waals surface area (Å²) < 4.78 is 40.2. The van der Waals surface area contributed by atoms with Gasteiger partial charge in [-0.15, -0.1) is 0 Å². The average molecular weight is 315 g/mol. The second kappa shape index (κ2) is 6.50. The fourth-order valence-electron chi connectivity index (χ4n) is 1.76. The Morgan fingerprint density at radius 2 is 2.10 bits per heavy atom. The number of carbonyl (C=O) groups is 1. The van der Waals surface area contributed by atoms with Crippen LogP contribution < -0.4 is 15.8 Å². The zero-order valence-electron chi connectivity index (χ0n) is 11.4. The van der Waals surface area contributed by atoms with Crippen molar-refractivity contribution in [1.29, 1.82) is 0 Å². The number of hydrogen-bond acceptors (Lipinski definition) is 4. The first-order chi connectivity index (χ1) is 9.92. The van der Waals surface area contributed by atoms with Crippen LogP contribution in [0.1, 0.15) is 25.7 Å². The van der Waals surface area contributed by atoms with Gasteiger partial charge in [-0.25, -0.2) is 17.5 Å². The summed E-state index contributed by atoms with van der Waals surface area (Å²) in [6.45, 7) is 0.391. The lowest BCUT2D eigenvalue weighted by atomic mass is 10.2. The summed E-state index contributed by atoms with van der Waals surface area (Å²) in [7, 11) is -3.90. The number of sulfonamides is 1. The lowest BCUT2D eigenvalue weighted by Gasteiger charge is -2.10. The van der Waals surface area contributed by atoms with E-state index in [2.05, 4.69) is 10.0 Å². The van der Waals surface area contributed by atoms with Crippen molar-refractivity contribution in [2.45, 2.75) is 36.6 Å². The van der Waals surface area contributed by atoms with E-state index in [9.17, 15) is 17.6 Å². The molecule has 2 rings (SSSR count). The van der Waals surface area contributed by atoms with Gasteiger partial charge in [0.15, 0.2) is 0 Å². The molecule has 0 bridgehead atoms. The smallest absolute Gasteiger partial charge is 0.243 e. The monoisotopic (exact) mass is 315 g/mol. The number of carbonyl (C=O) groups excluding carboxylic acids is 1. The number of halogens is 1. The molecule has 0 spiro atoms. The Morgan fingerprint density at radius 1 is 1.38 bits per heavy atom. The lowest BCUT2D eigenvalue weighted by molar-refractivity contribution is -0.116. The van der Waals surface area contributed by atoms with Gasteiger partial charge in [0.1, 0.15) is 10.7 Å². The molecule has 0 heterocycles. The summed E-state index contributed by atoms with van der Waals surface area (Å²) in [4.78, 5) is 11.1. The largest absolute Gasteiger partial charge is 0.330 e. The van der Waals surface area contributed by atoms with Crippen LogP contribution in [0.4, 0.5) is 10.1 Å². The Bertz CT molecular complexity index is 630. The first kappa shape index (κ1) is 15.9. The predicted molar refractivity (Wildman–Crippen MR) is 76.7 cm³/mol. The van der Waals surface area contributed by atoms with Crippen molar-refractivity contribution in [3.8, 4) is 0 Å². The summed E-state index contributed by atoms with van der Waals surface area (Å²) in [5.41, 5.74) is 5.55. The van der Waals surface area contributed by atoms with Crippen molar-refractivity contribution in [2.75, 3.05) is 11.9 Å². The fraction of sp³-hybridized carbons (Fsp3) is 0.462. The molecule has 1 aromatic carbocycles. The number of benzene rings is 1. The highest BCUT2D eigenvalue weighted by molar-refractivity contribution is 7.89. The molecule has 0 atom stereocenters. The molecule has 1 amide bonds. The minimum atomic E-state index is -3.90. The summed E-state index contributed by atoms with van der Waals surface area (Å²) in [6.07, 6.45) is 2.28. The molecule has 6 nitrogen and oxygen atoms in total. The van der Waals surface area contributed by atoms with Crippen LogP contribution in [0.3, 0.4) is 0 Å². The van der Waals surface area contributed by atoms with Crippen molar-refractivity contribution in [3.05, 3.63) is 24.0 Å². The van der Waals surface area contributed by atoms with Crippen LogP contribution in [0.5, 0.6) is 0 Å². The standard InChI is InChI=1S/C13H18FN3O3S/c14-11-6-5-10(16-13(18)2-1-7-15)8-12(11)21(19,20)17-9-3-4-9/h5-6,8-9,17H,1-4,7,15H2,(H,16,18). The Balaban J connectivity index is 2.14. The predicted octanol–water partition coefficient (Wildman–Crippen LogP) is 0.944. The third-order valence-electron chi connectivity index (χ3n) is 3.01. The van der Waals surface area contributed by atoms with Crippen LogP contribution in [-0.4, -0.2) is 26.9 Å². The van der Waals surface area contributed by atoms with Gasteiger partial charge in [-0.2, -0.15) is 0 Å². The highest BCUT2D eigenvalue weighted by atomic mass is 32.2. The fourth-order valence-corrected chi connectivity index (χ4v) is 3.17. The molecule has 0 aliphatic heterocycles. The van der Waals surface area contributed by atoms with Crippen LogP contribution in [0.25, 0.3) is 0 Å². The van der Waals surface area contributed by atoms with Crippen molar-refractivity contribution < 1.29 is 17.6 Å². The second-order valence-corrected chi connectivity index (χ2v) is 6.66. The molecule has 0 radical (unpaired) electrons. The maximum absolute atomic E-state index is 13.7. The molecular weight excluding hydrogens is 297 g/mol. The van der Waals surface area contributed by atoms with Crippen molar-refractivity contribution in [3.63, 3.8) is 0 Å². The normalized spacial score (nSPS) is 15.0. The summed E-state index contributed by atoms with van der Waals surface area (Å²) in [5.74, 6) is -1.13. The first-order valence-corrected chi connectivity index (χ1v) is 8.22. The van der Waals surface area contributed by atoms with E-state index in [-0.39, 0.29) is 24.1 Å². The molecule has 1 saturated carbocycles. The van der Waals surface area contributed by atoms with Crippen LogP contribution >= 0.6 is 0 Å². The Hall–Kier alpha value is -1.51. The first-order valence-electron chi connectivity index (χ1n) is 6.74. The Labute approximate surface area is 123 Å². The molecule has 1 aliphatic carbocycles. The molecule has 1 fully saturated rings. The van der Waals surface area contributed by atoms with Gasteiger partial charge in [0.2, 0.25) is 15.9 Å². The van der Waals surface area contributed by atoms with E-state index in [1.54, 1.807) is 0 Å². The number of nitrogens with one attached hydrogen (secondary N) is 2. The summed E-state index contributed by atoms with van der Waals surface area (Å²) in [6, 6.07) is 3.36. The van der Waals surface area contributed by atoms with Gasteiger partial charge in [0, 0.05) is 18.2 Å². The Kier molecular flexibility index (Phi) is 4.92. The molecule has 1 aromatic rings. The van der Waals surface area contributed by atoms with Crippen molar-refractivity contribution in [1.82, 2.24) is 4.72 Å². The van der Waals surface area contributed by atoms with E-state index in [0.29, 0.717) is 13.0 Å². The molecule has 0 unspecified atom stereocenters. The molecule has 1 aliphatic rings. The molecule has 0 aromatic heterocycles. The van der Waals surface area contributed by atoms with Crippen molar-refractivity contribution in [2.24, 2.45) is 5.73 Å². The van der Waals surface area contributed by atoms with Crippen molar-refractivity contribution >= 4 is 21.6 Å². The molecule has 4 N–H and O–H groups in total. The van der Waals surface area contributed by atoms with Gasteiger partial charge in [-0.05, 0) is 44.0 Å². The zero-order chi connectivity index (χ0) is 15.5. The highest BCUT2D eigenvalue weighted by Gasteiger charge is 2.29. The zero-order valence-corrected chi connectivity index (χ0v) is 12.2. The van der Waals surface area contributed by atoms with Crippen LogP contribution in [0, 0.1) is 5.82 Å². The SMILES string of the molecule is NCCCC(=O)Nc1ccc(F)c(S(=O)(=O)NC2CC2)c1. The van der Waals surface area contributed by atoms with Gasteiger partial charge in [0.05, 0.1) is 0 Å². The number of anilines is 1. The third-order valence-corrected chi connectivity index (χ3v) is 4.55. The van der Waals surface area contributed by atoms with E-state index in [1.807, 2.05) is 0 Å². The maximum Gasteiger partial charge on any atom is 0.243 e. The average Bonchev–Trinajstić information content (AvgIpc) is 3.21. The van der Waals surface area contributed by atoms with Gasteiger partial charge >= 0.3 is 0 Å². The third kappa shape index (κ3) is 4.48. The highest BCUT2D eigenvalue weighted by Crippen LogP contribution is 2.25. The Morgan fingerprint density at radius 3 is 2.71 bits per heavy atom. The molecule has 8 heteroatoms. The van der Waals surface area contributed by atoms with Crippen LogP contribution in [0.2, 0.25) is 0 Å². The quantitative estimate of drug-likeness (QED) is 0.697. The number of rotatable bonds is 7. The van der Waals surface area contributed by atoms with Gasteiger partial charge < -0.3 is 11.1 Å².